The fraction of sp³-hybridized carbons (Fsp3) is 0.0588. The summed E-state index contributed by atoms with van der Waals surface area (Å²) in [5.74, 6) is 0. The molecule has 0 amide bonds. The summed E-state index contributed by atoms with van der Waals surface area (Å²) in [7, 11) is 0. The Morgan fingerprint density at radius 3 is 1.89 bits per heavy atom. The largest absolute Gasteiger partial charge is 0.298 e. The fourth-order valence-corrected chi connectivity index (χ4v) is 5.98. The molecule has 0 saturated heterocycles. The van der Waals surface area contributed by atoms with Crippen molar-refractivity contribution in [3.05, 3.63) is 127 Å². The summed E-state index contributed by atoms with van der Waals surface area (Å²) >= 11 is 0. The lowest BCUT2D eigenvalue weighted by Crippen LogP contribution is -2.03. The lowest BCUT2D eigenvalue weighted by Gasteiger charge is -2.13. The third-order valence-corrected chi connectivity index (χ3v) is 7.72. The van der Waals surface area contributed by atoms with E-state index in [9.17, 15) is 0 Å². The average Bonchev–Trinajstić information content (AvgIpc) is 3.51. The SMILES string of the molecule is C1=Cc2c(n(-c3ccc(-c4ccc(-n5c6ccccc6c6cccnc65)cc4)cc3)c3ncccc23)CC1. The Kier molecular flexibility index (Phi) is 4.61. The molecule has 0 bridgehead atoms. The lowest BCUT2D eigenvalue weighted by molar-refractivity contribution is 0.883. The number of aromatic nitrogens is 4. The Bertz CT molecular complexity index is 1950. The van der Waals surface area contributed by atoms with Crippen LogP contribution >= 0.6 is 0 Å². The third kappa shape index (κ3) is 3.10. The van der Waals surface area contributed by atoms with Crippen LogP contribution in [0.5, 0.6) is 0 Å². The highest BCUT2D eigenvalue weighted by molar-refractivity contribution is 6.07. The zero-order valence-electron chi connectivity index (χ0n) is 20.8. The van der Waals surface area contributed by atoms with E-state index in [1.54, 1.807) is 0 Å². The van der Waals surface area contributed by atoms with Gasteiger partial charge in [0.15, 0.2) is 0 Å². The molecule has 0 N–H and O–H groups in total. The van der Waals surface area contributed by atoms with Crippen molar-refractivity contribution in [3.63, 3.8) is 0 Å². The monoisotopic (exact) mass is 488 g/mol. The standard InChI is InChI=1S/C34H24N4/c1-3-11-31-27(7-1)29-9-5-21-35-33(29)37(31)25-17-13-23(14-18-25)24-15-19-26(20-16-24)38-32-12-4-2-8-28(32)30-10-6-22-36-34(30)38/h1-3,5-11,13-22H,4,12H2. The summed E-state index contributed by atoms with van der Waals surface area (Å²) in [6, 6.07) is 34.5. The van der Waals surface area contributed by atoms with Crippen molar-refractivity contribution in [2.45, 2.75) is 12.8 Å². The van der Waals surface area contributed by atoms with E-state index in [2.05, 4.69) is 106 Å². The first-order chi connectivity index (χ1) is 18.9. The van der Waals surface area contributed by atoms with E-state index in [1.807, 2.05) is 24.5 Å². The second kappa shape index (κ2) is 8.29. The first kappa shape index (κ1) is 21.2. The summed E-state index contributed by atoms with van der Waals surface area (Å²) in [6.07, 6.45) is 10.4. The Morgan fingerprint density at radius 2 is 1.16 bits per heavy atom. The van der Waals surface area contributed by atoms with Crippen molar-refractivity contribution in [2.24, 2.45) is 0 Å². The average molecular weight is 489 g/mol. The molecule has 4 nitrogen and oxygen atoms in total. The van der Waals surface area contributed by atoms with Crippen molar-refractivity contribution in [2.75, 3.05) is 0 Å². The molecule has 3 aromatic carbocycles. The maximum absolute atomic E-state index is 4.74. The number of para-hydroxylation sites is 1. The Balaban J connectivity index is 1.18. The van der Waals surface area contributed by atoms with Crippen LogP contribution in [0, 0.1) is 0 Å². The molecule has 4 heterocycles. The van der Waals surface area contributed by atoms with E-state index >= 15 is 0 Å². The van der Waals surface area contributed by atoms with Crippen LogP contribution in [0.25, 0.3) is 61.5 Å². The van der Waals surface area contributed by atoms with Crippen LogP contribution < -0.4 is 0 Å². The summed E-state index contributed by atoms with van der Waals surface area (Å²) in [5.41, 5.74) is 10.5. The molecule has 0 aliphatic heterocycles. The molecule has 0 radical (unpaired) electrons. The van der Waals surface area contributed by atoms with Gasteiger partial charge in [-0.3, -0.25) is 9.13 Å². The van der Waals surface area contributed by atoms with Gasteiger partial charge in [0, 0.05) is 51.2 Å². The molecule has 0 unspecified atom stereocenters. The second-order valence-electron chi connectivity index (χ2n) is 9.83. The molecule has 4 aromatic heterocycles. The van der Waals surface area contributed by atoms with Crippen LogP contribution in [0.1, 0.15) is 17.7 Å². The van der Waals surface area contributed by atoms with Gasteiger partial charge in [0.05, 0.1) is 5.52 Å². The number of hydrogen-bond acceptors (Lipinski definition) is 2. The van der Waals surface area contributed by atoms with Crippen molar-refractivity contribution < 1.29 is 0 Å². The molecule has 180 valence electrons. The number of hydrogen-bond donors (Lipinski definition) is 0. The molecular weight excluding hydrogens is 464 g/mol. The Morgan fingerprint density at radius 1 is 0.553 bits per heavy atom. The van der Waals surface area contributed by atoms with Crippen LogP contribution in [0.2, 0.25) is 0 Å². The van der Waals surface area contributed by atoms with Crippen molar-refractivity contribution in [1.82, 2.24) is 19.1 Å². The van der Waals surface area contributed by atoms with Gasteiger partial charge in [0.2, 0.25) is 0 Å². The number of benzene rings is 3. The molecule has 38 heavy (non-hydrogen) atoms. The predicted octanol–water partition coefficient (Wildman–Crippen LogP) is 8.14. The van der Waals surface area contributed by atoms with E-state index in [-0.39, 0.29) is 0 Å². The van der Waals surface area contributed by atoms with Gasteiger partial charge in [-0.05, 0) is 78.6 Å². The van der Waals surface area contributed by atoms with Gasteiger partial charge < -0.3 is 0 Å². The van der Waals surface area contributed by atoms with Crippen LogP contribution in [0.15, 0.2) is 116 Å². The van der Waals surface area contributed by atoms with E-state index in [0.29, 0.717) is 0 Å². The van der Waals surface area contributed by atoms with Gasteiger partial charge >= 0.3 is 0 Å². The van der Waals surface area contributed by atoms with Crippen molar-refractivity contribution >= 4 is 39.0 Å². The molecule has 0 spiro atoms. The Hall–Kier alpha value is -4.96. The second-order valence-corrected chi connectivity index (χ2v) is 9.83. The van der Waals surface area contributed by atoms with Gasteiger partial charge in [0.1, 0.15) is 11.3 Å². The Labute approximate surface area is 220 Å². The normalized spacial score (nSPS) is 12.9. The molecule has 1 aliphatic carbocycles. The minimum atomic E-state index is 0.983. The van der Waals surface area contributed by atoms with Gasteiger partial charge in [-0.25, -0.2) is 9.97 Å². The van der Waals surface area contributed by atoms with Crippen molar-refractivity contribution in [1.29, 1.82) is 0 Å². The van der Waals surface area contributed by atoms with Crippen LogP contribution in [0.3, 0.4) is 0 Å². The predicted molar refractivity (Wildman–Crippen MR) is 156 cm³/mol. The summed E-state index contributed by atoms with van der Waals surface area (Å²) in [4.78, 5) is 9.45. The summed E-state index contributed by atoms with van der Waals surface area (Å²) in [6.45, 7) is 0. The molecule has 0 atom stereocenters. The van der Waals surface area contributed by atoms with Crippen LogP contribution in [-0.4, -0.2) is 19.1 Å². The lowest BCUT2D eigenvalue weighted by atomic mass is 10.0. The molecule has 4 heteroatoms. The summed E-state index contributed by atoms with van der Waals surface area (Å²) < 4.78 is 4.58. The number of allylic oxidation sites excluding steroid dienone is 1. The maximum Gasteiger partial charge on any atom is 0.145 e. The zero-order valence-corrected chi connectivity index (χ0v) is 20.8. The highest BCUT2D eigenvalue weighted by Crippen LogP contribution is 2.34. The maximum atomic E-state index is 4.74. The van der Waals surface area contributed by atoms with E-state index in [0.717, 1.165) is 35.5 Å². The fourth-order valence-electron chi connectivity index (χ4n) is 5.98. The van der Waals surface area contributed by atoms with E-state index in [4.69, 9.17) is 9.97 Å². The van der Waals surface area contributed by atoms with Crippen LogP contribution in [0.4, 0.5) is 0 Å². The zero-order chi connectivity index (χ0) is 25.1. The van der Waals surface area contributed by atoms with Crippen LogP contribution in [-0.2, 0) is 6.42 Å². The number of fused-ring (bicyclic) bond motifs is 6. The summed E-state index contributed by atoms with van der Waals surface area (Å²) in [5, 5.41) is 3.62. The minimum Gasteiger partial charge on any atom is -0.298 e. The number of rotatable bonds is 3. The third-order valence-electron chi connectivity index (χ3n) is 7.72. The molecule has 1 aliphatic rings. The highest BCUT2D eigenvalue weighted by atomic mass is 15.1. The van der Waals surface area contributed by atoms with Crippen molar-refractivity contribution in [3.8, 4) is 22.5 Å². The molecule has 7 aromatic rings. The number of pyridine rings is 2. The van der Waals surface area contributed by atoms with E-state index < -0.39 is 0 Å². The smallest absolute Gasteiger partial charge is 0.145 e. The van der Waals surface area contributed by atoms with Gasteiger partial charge in [-0.1, -0.05) is 54.6 Å². The van der Waals surface area contributed by atoms with Gasteiger partial charge in [0.25, 0.3) is 0 Å². The van der Waals surface area contributed by atoms with E-state index in [1.165, 1.54) is 44.1 Å². The molecule has 0 saturated carbocycles. The molecule has 8 rings (SSSR count). The highest BCUT2D eigenvalue weighted by Gasteiger charge is 2.19. The number of nitrogens with zero attached hydrogens (tertiary/aromatic N) is 4. The molecular formula is C34H24N4. The molecule has 0 fully saturated rings. The minimum absolute atomic E-state index is 0.983. The first-order valence-electron chi connectivity index (χ1n) is 13.1. The van der Waals surface area contributed by atoms with Gasteiger partial charge in [-0.15, -0.1) is 0 Å². The first-order valence-corrected chi connectivity index (χ1v) is 13.1. The quantitative estimate of drug-likeness (QED) is 0.252. The van der Waals surface area contributed by atoms with Gasteiger partial charge in [-0.2, -0.15) is 0 Å². The topological polar surface area (TPSA) is 35.6 Å².